The molecule has 0 N–H and O–H groups in total. The molecule has 0 aromatic heterocycles. The van der Waals surface area contributed by atoms with E-state index in [0.717, 1.165) is 48.3 Å². The van der Waals surface area contributed by atoms with E-state index in [9.17, 15) is 4.79 Å². The van der Waals surface area contributed by atoms with Gasteiger partial charge < -0.3 is 9.80 Å². The first-order valence-corrected chi connectivity index (χ1v) is 10.2. The monoisotopic (exact) mass is 382 g/mol. The summed E-state index contributed by atoms with van der Waals surface area (Å²) >= 11 is 5.41. The Morgan fingerprint density at radius 1 is 1.23 bits per heavy atom. The molecule has 1 aromatic carbocycles. The molecule has 0 aliphatic carbocycles. The summed E-state index contributed by atoms with van der Waals surface area (Å²) in [7, 11) is 0. The topological polar surface area (TPSA) is 23.6 Å². The standard InChI is InChI=1S/C17H23BrN2OS/c1-22-12-15-5-4-8-20(15)17(21)13-9-14(18)11-16(10-13)19-6-2-3-7-19/h9-11,15H,2-8,12H2,1H3. The van der Waals surface area contributed by atoms with E-state index in [-0.39, 0.29) is 5.91 Å². The number of rotatable bonds is 4. The summed E-state index contributed by atoms with van der Waals surface area (Å²) in [6.45, 7) is 3.10. The van der Waals surface area contributed by atoms with Crippen LogP contribution >= 0.6 is 27.7 Å². The first kappa shape index (κ1) is 16.2. The molecule has 1 aromatic rings. The Kier molecular flexibility index (Phi) is 5.34. The molecule has 1 unspecified atom stereocenters. The van der Waals surface area contributed by atoms with Crippen LogP contribution in [0.3, 0.4) is 0 Å². The quantitative estimate of drug-likeness (QED) is 0.785. The summed E-state index contributed by atoms with van der Waals surface area (Å²) < 4.78 is 1.00. The van der Waals surface area contributed by atoms with Gasteiger partial charge in [0, 0.05) is 47.2 Å². The van der Waals surface area contributed by atoms with E-state index in [4.69, 9.17) is 0 Å². The SMILES string of the molecule is CSCC1CCCN1C(=O)c1cc(Br)cc(N2CCCC2)c1. The average molecular weight is 383 g/mol. The number of hydrogen-bond donors (Lipinski definition) is 0. The molecule has 22 heavy (non-hydrogen) atoms. The number of thioether (sulfide) groups is 1. The van der Waals surface area contributed by atoms with E-state index in [2.05, 4.69) is 44.1 Å². The Labute approximate surface area is 145 Å². The molecule has 1 amide bonds. The van der Waals surface area contributed by atoms with Crippen LogP contribution in [0, 0.1) is 0 Å². The number of halogens is 1. The maximum absolute atomic E-state index is 12.9. The van der Waals surface area contributed by atoms with Crippen molar-refractivity contribution in [2.75, 3.05) is 36.5 Å². The Hall–Kier alpha value is -0.680. The lowest BCUT2D eigenvalue weighted by Crippen LogP contribution is -2.37. The maximum Gasteiger partial charge on any atom is 0.254 e. The van der Waals surface area contributed by atoms with Gasteiger partial charge in [0.25, 0.3) is 5.91 Å². The molecule has 0 bridgehead atoms. The summed E-state index contributed by atoms with van der Waals surface area (Å²) in [5.74, 6) is 1.23. The Morgan fingerprint density at radius 3 is 2.73 bits per heavy atom. The normalized spacial score (nSPS) is 21.6. The van der Waals surface area contributed by atoms with Gasteiger partial charge in [-0.25, -0.2) is 0 Å². The number of hydrogen-bond acceptors (Lipinski definition) is 3. The number of anilines is 1. The largest absolute Gasteiger partial charge is 0.371 e. The van der Waals surface area contributed by atoms with Crippen LogP contribution in [0.2, 0.25) is 0 Å². The summed E-state index contributed by atoms with van der Waals surface area (Å²) in [6.07, 6.45) is 6.88. The van der Waals surface area contributed by atoms with Crippen LogP contribution in [0.15, 0.2) is 22.7 Å². The zero-order valence-electron chi connectivity index (χ0n) is 13.1. The van der Waals surface area contributed by atoms with Crippen molar-refractivity contribution in [1.82, 2.24) is 4.90 Å². The Bertz CT molecular complexity index is 545. The molecule has 0 spiro atoms. The van der Waals surface area contributed by atoms with Crippen molar-refractivity contribution in [2.24, 2.45) is 0 Å². The third kappa shape index (κ3) is 3.46. The molecule has 2 aliphatic rings. The highest BCUT2D eigenvalue weighted by Gasteiger charge is 2.29. The van der Waals surface area contributed by atoms with Gasteiger partial charge in [-0.15, -0.1) is 0 Å². The van der Waals surface area contributed by atoms with E-state index in [1.165, 1.54) is 18.5 Å². The lowest BCUT2D eigenvalue weighted by atomic mass is 10.1. The molecule has 120 valence electrons. The minimum atomic E-state index is 0.193. The fraction of sp³-hybridized carbons (Fsp3) is 0.588. The van der Waals surface area contributed by atoms with E-state index >= 15 is 0 Å². The fourth-order valence-electron chi connectivity index (χ4n) is 3.49. The molecule has 3 rings (SSSR count). The van der Waals surface area contributed by atoms with Gasteiger partial charge in [-0.05, 0) is 50.1 Å². The van der Waals surface area contributed by atoms with Gasteiger partial charge >= 0.3 is 0 Å². The molecule has 2 heterocycles. The predicted molar refractivity (Wildman–Crippen MR) is 98.0 cm³/mol. The Balaban J connectivity index is 1.82. The average Bonchev–Trinajstić information content (AvgIpc) is 3.17. The zero-order chi connectivity index (χ0) is 15.5. The van der Waals surface area contributed by atoms with Crippen molar-refractivity contribution in [3.8, 4) is 0 Å². The van der Waals surface area contributed by atoms with Crippen LogP contribution in [0.5, 0.6) is 0 Å². The number of likely N-dealkylation sites (tertiary alicyclic amines) is 1. The van der Waals surface area contributed by atoms with Gasteiger partial charge in [0.2, 0.25) is 0 Å². The van der Waals surface area contributed by atoms with Crippen molar-refractivity contribution < 1.29 is 4.79 Å². The summed E-state index contributed by atoms with van der Waals surface area (Å²) in [5, 5.41) is 0. The van der Waals surface area contributed by atoms with E-state index in [0.29, 0.717) is 6.04 Å². The highest BCUT2D eigenvalue weighted by Crippen LogP contribution is 2.28. The number of amides is 1. The number of nitrogens with zero attached hydrogens (tertiary/aromatic N) is 2. The third-order valence-corrected chi connectivity index (χ3v) is 5.77. The Morgan fingerprint density at radius 2 is 2.00 bits per heavy atom. The fourth-order valence-corrected chi connectivity index (χ4v) is 4.70. The molecule has 0 saturated carbocycles. The number of benzene rings is 1. The van der Waals surface area contributed by atoms with Gasteiger partial charge in [0.05, 0.1) is 0 Å². The minimum Gasteiger partial charge on any atom is -0.371 e. The van der Waals surface area contributed by atoms with Gasteiger partial charge in [0.1, 0.15) is 0 Å². The summed E-state index contributed by atoms with van der Waals surface area (Å²) in [5.41, 5.74) is 2.00. The first-order chi connectivity index (χ1) is 10.7. The maximum atomic E-state index is 12.9. The van der Waals surface area contributed by atoms with Crippen LogP contribution in [0.1, 0.15) is 36.0 Å². The van der Waals surface area contributed by atoms with Crippen LogP contribution in [-0.2, 0) is 0 Å². The molecule has 3 nitrogen and oxygen atoms in total. The van der Waals surface area contributed by atoms with Crippen molar-refractivity contribution in [3.05, 3.63) is 28.2 Å². The van der Waals surface area contributed by atoms with E-state index in [1.807, 2.05) is 17.8 Å². The van der Waals surface area contributed by atoms with E-state index < -0.39 is 0 Å². The molecular formula is C17H23BrN2OS. The summed E-state index contributed by atoms with van der Waals surface area (Å²) in [6, 6.07) is 6.58. The minimum absolute atomic E-state index is 0.193. The molecule has 2 fully saturated rings. The van der Waals surface area contributed by atoms with Crippen LogP contribution in [0.4, 0.5) is 5.69 Å². The molecule has 0 radical (unpaired) electrons. The van der Waals surface area contributed by atoms with Crippen molar-refractivity contribution >= 4 is 39.3 Å². The van der Waals surface area contributed by atoms with Gasteiger partial charge in [-0.1, -0.05) is 15.9 Å². The number of carbonyl (C=O) groups excluding carboxylic acids is 1. The number of carbonyl (C=O) groups is 1. The lowest BCUT2D eigenvalue weighted by molar-refractivity contribution is 0.0750. The van der Waals surface area contributed by atoms with E-state index in [1.54, 1.807) is 0 Å². The molecule has 2 aliphatic heterocycles. The van der Waals surface area contributed by atoms with Crippen LogP contribution in [0.25, 0.3) is 0 Å². The second-order valence-corrected chi connectivity index (χ2v) is 7.97. The zero-order valence-corrected chi connectivity index (χ0v) is 15.5. The van der Waals surface area contributed by atoms with Gasteiger partial charge in [-0.3, -0.25) is 4.79 Å². The highest BCUT2D eigenvalue weighted by atomic mass is 79.9. The van der Waals surface area contributed by atoms with Gasteiger partial charge in [0.15, 0.2) is 0 Å². The van der Waals surface area contributed by atoms with Crippen molar-refractivity contribution in [2.45, 2.75) is 31.7 Å². The second kappa shape index (κ2) is 7.26. The molecule has 5 heteroatoms. The van der Waals surface area contributed by atoms with Crippen LogP contribution in [-0.4, -0.2) is 48.5 Å². The van der Waals surface area contributed by atoms with Crippen LogP contribution < -0.4 is 4.90 Å². The predicted octanol–water partition coefficient (Wildman–Crippen LogP) is 4.02. The van der Waals surface area contributed by atoms with Crippen molar-refractivity contribution in [1.29, 1.82) is 0 Å². The smallest absolute Gasteiger partial charge is 0.254 e. The third-order valence-electron chi connectivity index (χ3n) is 4.60. The van der Waals surface area contributed by atoms with Gasteiger partial charge in [-0.2, -0.15) is 11.8 Å². The first-order valence-electron chi connectivity index (χ1n) is 8.04. The highest BCUT2D eigenvalue weighted by molar-refractivity contribution is 9.10. The second-order valence-electron chi connectivity index (χ2n) is 6.14. The van der Waals surface area contributed by atoms with Crippen molar-refractivity contribution in [3.63, 3.8) is 0 Å². The summed E-state index contributed by atoms with van der Waals surface area (Å²) in [4.78, 5) is 17.4. The molecular weight excluding hydrogens is 360 g/mol. The lowest BCUT2D eigenvalue weighted by Gasteiger charge is -2.25. The molecule has 1 atom stereocenters. The molecule has 2 saturated heterocycles.